The first-order chi connectivity index (χ1) is 12.1. The van der Waals surface area contributed by atoms with Crippen LogP contribution in [0.1, 0.15) is 18.4 Å². The molecule has 2 bridgehead atoms. The van der Waals surface area contributed by atoms with Crippen LogP contribution < -0.4 is 10.0 Å². The van der Waals surface area contributed by atoms with Crippen LogP contribution in [0.15, 0.2) is 23.1 Å². The van der Waals surface area contributed by atoms with Gasteiger partial charge in [0.2, 0.25) is 10.0 Å². The zero-order valence-electron chi connectivity index (χ0n) is 13.4. The summed E-state index contributed by atoms with van der Waals surface area (Å²) in [5.41, 5.74) is -1.23. The fourth-order valence-electron chi connectivity index (χ4n) is 3.60. The lowest BCUT2D eigenvalue weighted by Gasteiger charge is -2.36. The first kappa shape index (κ1) is 17.6. The Morgan fingerprint density at radius 2 is 2.08 bits per heavy atom. The van der Waals surface area contributed by atoms with Crippen LogP contribution in [-0.2, 0) is 25.7 Å². The van der Waals surface area contributed by atoms with Gasteiger partial charge in [-0.2, -0.15) is 17.9 Å². The average Bonchev–Trinajstić information content (AvgIpc) is 2.93. The zero-order chi connectivity index (χ0) is 18.7. The highest BCUT2D eigenvalue weighted by Gasteiger charge is 2.43. The minimum Gasteiger partial charge on any atom is -0.376 e. The summed E-state index contributed by atoms with van der Waals surface area (Å²) in [6.07, 6.45) is -4.53. The summed E-state index contributed by atoms with van der Waals surface area (Å²) in [6, 6.07) is 2.14. The molecule has 26 heavy (non-hydrogen) atoms. The van der Waals surface area contributed by atoms with Crippen molar-refractivity contribution in [2.75, 3.05) is 18.5 Å². The Morgan fingerprint density at radius 3 is 2.81 bits per heavy atom. The highest BCUT2D eigenvalue weighted by molar-refractivity contribution is 7.89. The van der Waals surface area contributed by atoms with Crippen molar-refractivity contribution in [1.82, 2.24) is 9.62 Å². The van der Waals surface area contributed by atoms with Crippen molar-refractivity contribution >= 4 is 21.6 Å². The van der Waals surface area contributed by atoms with E-state index in [1.54, 1.807) is 0 Å². The van der Waals surface area contributed by atoms with Gasteiger partial charge in [-0.15, -0.1) is 0 Å². The van der Waals surface area contributed by atoms with Crippen LogP contribution in [0.4, 0.5) is 18.9 Å². The molecule has 2 fully saturated rings. The van der Waals surface area contributed by atoms with E-state index in [1.807, 2.05) is 0 Å². The molecule has 3 atom stereocenters. The Hall–Kier alpha value is -1.85. The van der Waals surface area contributed by atoms with Crippen molar-refractivity contribution in [2.24, 2.45) is 0 Å². The number of sulfonamides is 1. The molecule has 3 aliphatic heterocycles. The SMILES string of the molecule is O=C(C1Nc2cc(C(F)(F)F)ccc2S(=O)(=O)N1)N1CCC2CC1CO2. The average molecular weight is 391 g/mol. The van der Waals surface area contributed by atoms with Gasteiger partial charge in [0.05, 0.1) is 30.0 Å². The third-order valence-corrected chi connectivity index (χ3v) is 6.37. The Labute approximate surface area is 147 Å². The first-order valence-electron chi connectivity index (χ1n) is 8.07. The number of hydrogen-bond donors (Lipinski definition) is 2. The molecule has 11 heteroatoms. The monoisotopic (exact) mass is 391 g/mol. The van der Waals surface area contributed by atoms with Crippen molar-refractivity contribution in [3.8, 4) is 0 Å². The second-order valence-corrected chi connectivity index (χ2v) is 8.25. The van der Waals surface area contributed by atoms with E-state index in [0.29, 0.717) is 38.1 Å². The smallest absolute Gasteiger partial charge is 0.376 e. The Morgan fingerprint density at radius 1 is 1.31 bits per heavy atom. The summed E-state index contributed by atoms with van der Waals surface area (Å²) in [4.78, 5) is 14.0. The molecule has 2 saturated heterocycles. The van der Waals surface area contributed by atoms with Crippen LogP contribution in [0.25, 0.3) is 0 Å². The predicted octanol–water partition coefficient (Wildman–Crippen LogP) is 1.13. The maximum Gasteiger partial charge on any atom is 0.416 e. The van der Waals surface area contributed by atoms with Gasteiger partial charge < -0.3 is 15.0 Å². The van der Waals surface area contributed by atoms with Crippen molar-refractivity contribution in [2.45, 2.75) is 42.2 Å². The maximum atomic E-state index is 12.9. The normalized spacial score (nSPS) is 29.8. The van der Waals surface area contributed by atoms with Crippen molar-refractivity contribution in [1.29, 1.82) is 0 Å². The molecule has 3 aliphatic rings. The molecule has 3 heterocycles. The number of rotatable bonds is 1. The molecule has 1 aromatic carbocycles. The number of halogens is 3. The largest absolute Gasteiger partial charge is 0.416 e. The Bertz CT molecular complexity index is 858. The fraction of sp³-hybridized carbons (Fsp3) is 0.533. The van der Waals surface area contributed by atoms with Crippen LogP contribution >= 0.6 is 0 Å². The lowest BCUT2D eigenvalue weighted by Crippen LogP contribution is -2.58. The molecule has 0 saturated carbocycles. The lowest BCUT2D eigenvalue weighted by molar-refractivity contribution is -0.137. The van der Waals surface area contributed by atoms with Gasteiger partial charge in [-0.05, 0) is 31.0 Å². The Balaban J connectivity index is 1.63. The number of nitrogens with zero attached hydrogens (tertiary/aromatic N) is 1. The van der Waals surface area contributed by atoms with Crippen LogP contribution in [0.3, 0.4) is 0 Å². The molecule has 0 spiro atoms. The molecule has 4 rings (SSSR count). The number of benzene rings is 1. The number of piperidine rings is 1. The molecule has 7 nitrogen and oxygen atoms in total. The maximum absolute atomic E-state index is 12.9. The molecule has 1 aromatic rings. The summed E-state index contributed by atoms with van der Waals surface area (Å²) in [6.45, 7) is 0.800. The molecular formula is C15H16F3N3O4S. The van der Waals surface area contributed by atoms with Crippen LogP contribution in [0.5, 0.6) is 0 Å². The molecule has 2 N–H and O–H groups in total. The van der Waals surface area contributed by atoms with E-state index in [-0.39, 0.29) is 22.7 Å². The fourth-order valence-corrected chi connectivity index (χ4v) is 4.85. The molecule has 0 aromatic heterocycles. The topological polar surface area (TPSA) is 87.7 Å². The van der Waals surface area contributed by atoms with E-state index in [0.717, 1.165) is 6.07 Å². The standard InChI is InChI=1S/C15H16F3N3O4S/c16-15(17,18)8-1-2-12-11(5-8)19-13(20-26(12,23)24)14(22)21-4-3-10-6-9(21)7-25-10/h1-2,5,9-10,13,19-20H,3-4,6-7H2. The molecule has 0 aliphatic carbocycles. The van der Waals surface area contributed by atoms with Gasteiger partial charge in [-0.25, -0.2) is 8.42 Å². The number of hydrogen-bond acceptors (Lipinski definition) is 5. The van der Waals surface area contributed by atoms with E-state index < -0.39 is 33.8 Å². The zero-order valence-corrected chi connectivity index (χ0v) is 14.2. The number of ether oxygens (including phenoxy) is 1. The number of carbonyl (C=O) groups excluding carboxylic acids is 1. The quantitative estimate of drug-likeness (QED) is 0.749. The predicted molar refractivity (Wildman–Crippen MR) is 83.7 cm³/mol. The second kappa shape index (κ2) is 5.83. The van der Waals surface area contributed by atoms with E-state index in [2.05, 4.69) is 10.0 Å². The number of alkyl halides is 3. The highest BCUT2D eigenvalue weighted by atomic mass is 32.2. The summed E-state index contributed by atoms with van der Waals surface area (Å²) in [5.74, 6) is -0.523. The van der Waals surface area contributed by atoms with E-state index in [4.69, 9.17) is 4.74 Å². The number of amides is 1. The van der Waals surface area contributed by atoms with Crippen LogP contribution in [0.2, 0.25) is 0 Å². The minimum atomic E-state index is -4.62. The molecule has 1 amide bonds. The molecule has 0 radical (unpaired) electrons. The summed E-state index contributed by atoms with van der Waals surface area (Å²) in [5, 5.41) is 2.60. The number of carbonyl (C=O) groups is 1. The van der Waals surface area contributed by atoms with Gasteiger partial charge >= 0.3 is 6.18 Å². The number of anilines is 1. The Kier molecular flexibility index (Phi) is 3.93. The van der Waals surface area contributed by atoms with Gasteiger partial charge in [0.25, 0.3) is 5.91 Å². The van der Waals surface area contributed by atoms with Crippen molar-refractivity contribution in [3.63, 3.8) is 0 Å². The van der Waals surface area contributed by atoms with E-state index >= 15 is 0 Å². The number of likely N-dealkylation sites (tertiary alicyclic amines) is 1. The van der Waals surface area contributed by atoms with Crippen molar-refractivity contribution in [3.05, 3.63) is 23.8 Å². The van der Waals surface area contributed by atoms with Crippen molar-refractivity contribution < 1.29 is 31.1 Å². The highest BCUT2D eigenvalue weighted by Crippen LogP contribution is 2.35. The van der Waals surface area contributed by atoms with Crippen LogP contribution in [0, 0.1) is 0 Å². The van der Waals surface area contributed by atoms with Gasteiger partial charge in [0.15, 0.2) is 6.17 Å². The van der Waals surface area contributed by atoms with Gasteiger partial charge in [-0.1, -0.05) is 0 Å². The molecule has 142 valence electrons. The number of nitrogens with one attached hydrogen (secondary N) is 2. The van der Waals surface area contributed by atoms with Gasteiger partial charge in [0, 0.05) is 6.54 Å². The molecular weight excluding hydrogens is 375 g/mol. The van der Waals surface area contributed by atoms with E-state index in [1.165, 1.54) is 4.90 Å². The van der Waals surface area contributed by atoms with Gasteiger partial charge in [-0.3, -0.25) is 4.79 Å². The summed E-state index contributed by atoms with van der Waals surface area (Å²) < 4.78 is 71.2. The first-order valence-corrected chi connectivity index (χ1v) is 9.56. The summed E-state index contributed by atoms with van der Waals surface area (Å²) >= 11 is 0. The third-order valence-electron chi connectivity index (χ3n) is 4.89. The minimum absolute atomic E-state index is 0.107. The lowest BCUT2D eigenvalue weighted by atomic mass is 10.0. The van der Waals surface area contributed by atoms with Crippen LogP contribution in [-0.4, -0.2) is 50.7 Å². The second-order valence-electron chi connectivity index (χ2n) is 6.57. The third kappa shape index (κ3) is 2.93. The van der Waals surface area contributed by atoms with E-state index in [9.17, 15) is 26.4 Å². The molecule has 3 unspecified atom stereocenters. The number of fused-ring (bicyclic) bond motifs is 3. The summed E-state index contributed by atoms with van der Waals surface area (Å²) in [7, 11) is -4.11. The van der Waals surface area contributed by atoms with Gasteiger partial charge in [0.1, 0.15) is 4.90 Å².